The van der Waals surface area contributed by atoms with Crippen LogP contribution in [0.2, 0.25) is 0 Å². The van der Waals surface area contributed by atoms with Crippen molar-refractivity contribution in [3.63, 3.8) is 0 Å². The maximum Gasteiger partial charge on any atom is 0.0917 e. The third kappa shape index (κ3) is 5.25. The molecule has 0 aliphatic rings. The monoisotopic (exact) mass is 305 g/mol. The van der Waals surface area contributed by atoms with Gasteiger partial charge in [-0.3, -0.25) is 4.90 Å². The molecule has 0 spiro atoms. The first-order valence-electron chi connectivity index (χ1n) is 7.18. The number of methoxy groups -OCH3 is 1. The lowest BCUT2D eigenvalue weighted by molar-refractivity contribution is 0.0855. The summed E-state index contributed by atoms with van der Waals surface area (Å²) in [5.41, 5.74) is 0.960. The molecular weight excluding hydrogens is 282 g/mol. The molecule has 1 heterocycles. The van der Waals surface area contributed by atoms with Crippen LogP contribution in [0.15, 0.2) is 42.5 Å². The highest BCUT2D eigenvalue weighted by atomic mass is 32.1. The van der Waals surface area contributed by atoms with Crippen molar-refractivity contribution in [1.82, 2.24) is 4.90 Å². The Morgan fingerprint density at radius 3 is 2.57 bits per heavy atom. The normalized spacial score (nSPS) is 12.8. The number of hydrogen-bond acceptors (Lipinski definition) is 4. The molecule has 1 aromatic carbocycles. The number of thiophene rings is 1. The van der Waals surface area contributed by atoms with Crippen molar-refractivity contribution in [2.75, 3.05) is 26.8 Å². The molecule has 0 aliphatic heterocycles. The van der Waals surface area contributed by atoms with Gasteiger partial charge in [-0.2, -0.15) is 0 Å². The Balaban J connectivity index is 1.98. The lowest BCUT2D eigenvalue weighted by Crippen LogP contribution is -2.31. The van der Waals surface area contributed by atoms with Crippen LogP contribution >= 0.6 is 11.3 Å². The highest BCUT2D eigenvalue weighted by Gasteiger charge is 2.14. The van der Waals surface area contributed by atoms with E-state index in [0.717, 1.165) is 18.7 Å². The zero-order chi connectivity index (χ0) is 15.1. The van der Waals surface area contributed by atoms with Crippen LogP contribution in [0.3, 0.4) is 0 Å². The van der Waals surface area contributed by atoms with Crippen LogP contribution < -0.4 is 0 Å². The summed E-state index contributed by atoms with van der Waals surface area (Å²) < 4.78 is 5.18. The van der Waals surface area contributed by atoms with Gasteiger partial charge in [0.15, 0.2) is 0 Å². The highest BCUT2D eigenvalue weighted by molar-refractivity contribution is 7.11. The van der Waals surface area contributed by atoms with E-state index in [1.54, 1.807) is 7.11 Å². The van der Waals surface area contributed by atoms with Crippen molar-refractivity contribution in [3.8, 4) is 0 Å². The minimum Gasteiger partial charge on any atom is -0.387 e. The summed E-state index contributed by atoms with van der Waals surface area (Å²) in [5.74, 6) is 0. The third-order valence-electron chi connectivity index (χ3n) is 3.40. The van der Waals surface area contributed by atoms with Gasteiger partial charge in [-0.1, -0.05) is 30.3 Å². The van der Waals surface area contributed by atoms with Crippen LogP contribution in [0.4, 0.5) is 0 Å². The van der Waals surface area contributed by atoms with E-state index in [0.29, 0.717) is 13.2 Å². The van der Waals surface area contributed by atoms with E-state index in [2.05, 4.69) is 24.0 Å². The fourth-order valence-electron chi connectivity index (χ4n) is 2.27. The van der Waals surface area contributed by atoms with Crippen molar-refractivity contribution >= 4 is 11.3 Å². The average molecular weight is 305 g/mol. The molecule has 0 bridgehead atoms. The van der Waals surface area contributed by atoms with Crippen LogP contribution in [-0.4, -0.2) is 36.8 Å². The number of aryl methyl sites for hydroxylation is 1. The lowest BCUT2D eigenvalue weighted by atomic mass is 10.1. The zero-order valence-electron chi connectivity index (χ0n) is 12.7. The zero-order valence-corrected chi connectivity index (χ0v) is 13.5. The van der Waals surface area contributed by atoms with Gasteiger partial charge in [0.1, 0.15) is 0 Å². The molecule has 1 unspecified atom stereocenters. The Labute approximate surface area is 130 Å². The minimum atomic E-state index is -0.468. The van der Waals surface area contributed by atoms with E-state index in [9.17, 15) is 5.11 Å². The van der Waals surface area contributed by atoms with E-state index in [1.807, 2.05) is 41.7 Å². The fraction of sp³-hybridized carbons (Fsp3) is 0.412. The Hall–Kier alpha value is -1.20. The van der Waals surface area contributed by atoms with Gasteiger partial charge in [-0.05, 0) is 24.6 Å². The second kappa shape index (κ2) is 8.29. The van der Waals surface area contributed by atoms with Gasteiger partial charge in [0, 0.05) is 36.5 Å². The quantitative estimate of drug-likeness (QED) is 0.812. The van der Waals surface area contributed by atoms with E-state index < -0.39 is 6.10 Å². The van der Waals surface area contributed by atoms with Crippen LogP contribution in [0.1, 0.15) is 21.4 Å². The molecule has 0 fully saturated rings. The number of hydrogen-bond donors (Lipinski definition) is 1. The average Bonchev–Trinajstić information content (AvgIpc) is 2.90. The molecule has 114 valence electrons. The SMILES string of the molecule is COCCN(Cc1ccc(C)s1)CC(O)c1ccccc1. The maximum absolute atomic E-state index is 10.4. The molecule has 0 aliphatic carbocycles. The second-order valence-electron chi connectivity index (χ2n) is 5.17. The van der Waals surface area contributed by atoms with Crippen LogP contribution in [-0.2, 0) is 11.3 Å². The van der Waals surface area contributed by atoms with Crippen LogP contribution in [0, 0.1) is 6.92 Å². The first-order valence-corrected chi connectivity index (χ1v) is 8.00. The van der Waals surface area contributed by atoms with Gasteiger partial charge < -0.3 is 9.84 Å². The summed E-state index contributed by atoms with van der Waals surface area (Å²) >= 11 is 1.81. The van der Waals surface area contributed by atoms with Crippen molar-refractivity contribution in [1.29, 1.82) is 0 Å². The Morgan fingerprint density at radius 1 is 1.19 bits per heavy atom. The smallest absolute Gasteiger partial charge is 0.0917 e. The van der Waals surface area contributed by atoms with E-state index in [4.69, 9.17) is 4.74 Å². The Kier molecular flexibility index (Phi) is 6.39. The minimum absolute atomic E-state index is 0.468. The first-order chi connectivity index (χ1) is 10.2. The maximum atomic E-state index is 10.4. The van der Waals surface area contributed by atoms with E-state index in [-0.39, 0.29) is 0 Å². The Bertz CT molecular complexity index is 527. The van der Waals surface area contributed by atoms with E-state index >= 15 is 0 Å². The van der Waals surface area contributed by atoms with Gasteiger partial charge in [0.2, 0.25) is 0 Å². The number of aliphatic hydroxyl groups excluding tert-OH is 1. The van der Waals surface area contributed by atoms with Crippen LogP contribution in [0.25, 0.3) is 0 Å². The van der Waals surface area contributed by atoms with Gasteiger partial charge in [0.25, 0.3) is 0 Å². The summed E-state index contributed by atoms with van der Waals surface area (Å²) in [7, 11) is 1.71. The first kappa shape index (κ1) is 16.2. The van der Waals surface area contributed by atoms with E-state index in [1.165, 1.54) is 9.75 Å². The summed E-state index contributed by atoms with van der Waals surface area (Å²) in [5, 5.41) is 10.4. The molecule has 4 heteroatoms. The van der Waals surface area contributed by atoms with Crippen molar-refractivity contribution in [3.05, 3.63) is 57.8 Å². The van der Waals surface area contributed by atoms with Gasteiger partial charge in [-0.25, -0.2) is 0 Å². The highest BCUT2D eigenvalue weighted by Crippen LogP contribution is 2.19. The largest absolute Gasteiger partial charge is 0.387 e. The molecule has 3 nitrogen and oxygen atoms in total. The molecule has 0 amide bonds. The number of ether oxygens (including phenoxy) is 1. The number of benzene rings is 1. The summed E-state index contributed by atoms with van der Waals surface area (Å²) in [6.45, 7) is 5.08. The van der Waals surface area contributed by atoms with Gasteiger partial charge in [-0.15, -0.1) is 11.3 Å². The molecule has 0 saturated heterocycles. The van der Waals surface area contributed by atoms with Crippen molar-refractivity contribution in [2.45, 2.75) is 19.6 Å². The molecule has 1 atom stereocenters. The number of aliphatic hydroxyl groups is 1. The molecule has 2 rings (SSSR count). The molecule has 0 saturated carbocycles. The van der Waals surface area contributed by atoms with Crippen molar-refractivity contribution in [2.24, 2.45) is 0 Å². The number of rotatable bonds is 8. The molecule has 1 N–H and O–H groups in total. The molecule has 21 heavy (non-hydrogen) atoms. The lowest BCUT2D eigenvalue weighted by Gasteiger charge is -2.24. The predicted molar refractivity (Wildman–Crippen MR) is 87.6 cm³/mol. The molecule has 1 aromatic heterocycles. The molecule has 0 radical (unpaired) electrons. The predicted octanol–water partition coefficient (Wildman–Crippen LogP) is 3.24. The summed E-state index contributed by atoms with van der Waals surface area (Å²) in [6.07, 6.45) is -0.468. The third-order valence-corrected chi connectivity index (χ3v) is 4.39. The Morgan fingerprint density at radius 2 is 1.95 bits per heavy atom. The fourth-order valence-corrected chi connectivity index (χ4v) is 3.20. The second-order valence-corrected chi connectivity index (χ2v) is 6.54. The topological polar surface area (TPSA) is 32.7 Å². The molecule has 2 aromatic rings. The number of nitrogens with zero attached hydrogens (tertiary/aromatic N) is 1. The standard InChI is InChI=1S/C17H23NO2S/c1-14-8-9-16(21-14)12-18(10-11-20-2)13-17(19)15-6-4-3-5-7-15/h3-9,17,19H,10-13H2,1-2H3. The molecular formula is C17H23NO2S. The van der Waals surface area contributed by atoms with Crippen LogP contribution in [0.5, 0.6) is 0 Å². The van der Waals surface area contributed by atoms with Gasteiger partial charge in [0.05, 0.1) is 12.7 Å². The van der Waals surface area contributed by atoms with Gasteiger partial charge >= 0.3 is 0 Å². The summed E-state index contributed by atoms with van der Waals surface area (Å²) in [6, 6.07) is 14.1. The van der Waals surface area contributed by atoms with Crippen molar-refractivity contribution < 1.29 is 9.84 Å². The summed E-state index contributed by atoms with van der Waals surface area (Å²) in [4.78, 5) is 4.89.